The molecule has 16 heavy (non-hydrogen) atoms. The van der Waals surface area contributed by atoms with Gasteiger partial charge >= 0.3 is 0 Å². The average molecular weight is 234 g/mol. The Morgan fingerprint density at radius 2 is 0.812 bits per heavy atom. The van der Waals surface area contributed by atoms with Gasteiger partial charge in [-0.05, 0) is 26.7 Å². The summed E-state index contributed by atoms with van der Waals surface area (Å²) in [6.45, 7) is 2.80. The number of aliphatic hydroxyl groups is 4. The first-order valence-corrected chi connectivity index (χ1v) is 6.10. The Kier molecular flexibility index (Phi) is 7.15. The van der Waals surface area contributed by atoms with Gasteiger partial charge in [-0.2, -0.15) is 0 Å². The van der Waals surface area contributed by atoms with Crippen LogP contribution in [0.15, 0.2) is 0 Å². The second kappa shape index (κ2) is 7.22. The smallest absolute Gasteiger partial charge is 0.159 e. The van der Waals surface area contributed by atoms with Crippen molar-refractivity contribution in [2.75, 3.05) is 0 Å². The van der Waals surface area contributed by atoms with E-state index in [4.69, 9.17) is 20.4 Å². The molecule has 0 aromatic heterocycles. The highest BCUT2D eigenvalue weighted by atomic mass is 16.5. The predicted octanol–water partition coefficient (Wildman–Crippen LogP) is 1.51. The lowest BCUT2D eigenvalue weighted by atomic mass is 10.0. The molecule has 0 radical (unpaired) electrons. The molecule has 4 nitrogen and oxygen atoms in total. The summed E-state index contributed by atoms with van der Waals surface area (Å²) in [4.78, 5) is 0. The van der Waals surface area contributed by atoms with Crippen LogP contribution in [0.4, 0.5) is 0 Å². The van der Waals surface area contributed by atoms with Crippen LogP contribution in [0, 0.1) is 0 Å². The van der Waals surface area contributed by atoms with Crippen LogP contribution in [0.5, 0.6) is 0 Å². The molecular weight excluding hydrogens is 208 g/mol. The van der Waals surface area contributed by atoms with E-state index in [1.807, 2.05) is 0 Å². The molecule has 0 bridgehead atoms. The first kappa shape index (κ1) is 15.8. The van der Waals surface area contributed by atoms with Crippen molar-refractivity contribution in [3.05, 3.63) is 0 Å². The molecule has 0 aromatic rings. The van der Waals surface area contributed by atoms with Crippen molar-refractivity contribution in [1.29, 1.82) is 0 Å². The Morgan fingerprint density at radius 1 is 0.562 bits per heavy atom. The van der Waals surface area contributed by atoms with Gasteiger partial charge in [0.25, 0.3) is 0 Å². The molecule has 0 amide bonds. The molecule has 0 aliphatic carbocycles. The molecule has 0 aliphatic heterocycles. The van der Waals surface area contributed by atoms with Crippen molar-refractivity contribution >= 4 is 0 Å². The van der Waals surface area contributed by atoms with Crippen LogP contribution in [0.3, 0.4) is 0 Å². The maximum atomic E-state index is 9.05. The zero-order valence-corrected chi connectivity index (χ0v) is 10.4. The molecule has 0 saturated carbocycles. The number of unbranched alkanes of at least 4 members (excludes halogenated alkanes) is 5. The molecule has 4 N–H and O–H groups in total. The van der Waals surface area contributed by atoms with Crippen molar-refractivity contribution in [3.8, 4) is 0 Å². The third kappa shape index (κ3) is 13.8. The summed E-state index contributed by atoms with van der Waals surface area (Å²) >= 11 is 0. The number of hydrogen-bond donors (Lipinski definition) is 4. The standard InChI is InChI=1S/C12H26O4/c1-11(13,14)9-7-5-3-4-6-8-10-12(2,15)16/h13-16H,3-10H2,1-2H3. The molecule has 98 valence electrons. The molecule has 0 unspecified atom stereocenters. The van der Waals surface area contributed by atoms with E-state index in [2.05, 4.69) is 0 Å². The van der Waals surface area contributed by atoms with Gasteiger partial charge in [0.05, 0.1) is 0 Å². The Hall–Kier alpha value is -0.160. The highest BCUT2D eigenvalue weighted by Crippen LogP contribution is 2.15. The van der Waals surface area contributed by atoms with E-state index in [0.717, 1.165) is 38.5 Å². The van der Waals surface area contributed by atoms with Crippen LogP contribution in [-0.4, -0.2) is 32.0 Å². The molecule has 0 fully saturated rings. The highest BCUT2D eigenvalue weighted by Gasteiger charge is 2.14. The Morgan fingerprint density at radius 3 is 1.06 bits per heavy atom. The SMILES string of the molecule is CC(O)(O)CCCCCCCCC(C)(O)O. The molecular formula is C12H26O4. The van der Waals surface area contributed by atoms with E-state index in [1.165, 1.54) is 13.8 Å². The van der Waals surface area contributed by atoms with Crippen molar-refractivity contribution in [3.63, 3.8) is 0 Å². The first-order valence-electron chi connectivity index (χ1n) is 6.10. The van der Waals surface area contributed by atoms with Gasteiger partial charge in [-0.1, -0.05) is 25.7 Å². The monoisotopic (exact) mass is 234 g/mol. The average Bonchev–Trinajstić information content (AvgIpc) is 2.06. The lowest BCUT2D eigenvalue weighted by molar-refractivity contribution is -0.151. The lowest BCUT2D eigenvalue weighted by Crippen LogP contribution is -2.22. The summed E-state index contributed by atoms with van der Waals surface area (Å²) < 4.78 is 0. The van der Waals surface area contributed by atoms with Gasteiger partial charge in [-0.25, -0.2) is 0 Å². The van der Waals surface area contributed by atoms with Gasteiger partial charge in [0.2, 0.25) is 0 Å². The van der Waals surface area contributed by atoms with Crippen LogP contribution < -0.4 is 0 Å². The van der Waals surface area contributed by atoms with Gasteiger partial charge in [0.15, 0.2) is 11.6 Å². The summed E-state index contributed by atoms with van der Waals surface area (Å²) in [5, 5.41) is 36.2. The van der Waals surface area contributed by atoms with Gasteiger partial charge in [-0.15, -0.1) is 0 Å². The second-order valence-electron chi connectivity index (χ2n) is 5.06. The molecule has 0 saturated heterocycles. The van der Waals surface area contributed by atoms with Gasteiger partial charge in [0, 0.05) is 12.8 Å². The topological polar surface area (TPSA) is 80.9 Å². The fraction of sp³-hybridized carbons (Fsp3) is 1.00. The van der Waals surface area contributed by atoms with Crippen LogP contribution in [0.25, 0.3) is 0 Å². The minimum Gasteiger partial charge on any atom is -0.366 e. The minimum atomic E-state index is -1.53. The van der Waals surface area contributed by atoms with Crippen LogP contribution >= 0.6 is 0 Å². The summed E-state index contributed by atoms with van der Waals surface area (Å²) in [5.41, 5.74) is 0. The van der Waals surface area contributed by atoms with Crippen LogP contribution in [0.2, 0.25) is 0 Å². The zero-order chi connectivity index (χ0) is 12.7. The summed E-state index contributed by atoms with van der Waals surface area (Å²) in [7, 11) is 0. The number of hydrogen-bond acceptors (Lipinski definition) is 4. The van der Waals surface area contributed by atoms with E-state index < -0.39 is 11.6 Å². The maximum absolute atomic E-state index is 9.05. The van der Waals surface area contributed by atoms with E-state index in [-0.39, 0.29) is 0 Å². The Bertz CT molecular complexity index is 147. The van der Waals surface area contributed by atoms with E-state index in [0.29, 0.717) is 12.8 Å². The first-order chi connectivity index (χ1) is 7.21. The largest absolute Gasteiger partial charge is 0.366 e. The quantitative estimate of drug-likeness (QED) is 0.360. The van der Waals surface area contributed by atoms with Crippen LogP contribution in [0.1, 0.15) is 65.2 Å². The molecule has 0 aliphatic rings. The molecule has 0 spiro atoms. The molecule has 0 heterocycles. The summed E-state index contributed by atoms with van der Waals surface area (Å²) in [6.07, 6.45) is 6.57. The fourth-order valence-corrected chi connectivity index (χ4v) is 1.63. The van der Waals surface area contributed by atoms with E-state index in [9.17, 15) is 0 Å². The van der Waals surface area contributed by atoms with Gasteiger partial charge in [-0.3, -0.25) is 0 Å². The molecule has 0 rings (SSSR count). The highest BCUT2D eigenvalue weighted by molar-refractivity contribution is 4.58. The Balaban J connectivity index is 3.17. The molecule has 4 heteroatoms. The molecule has 0 aromatic carbocycles. The van der Waals surface area contributed by atoms with Crippen molar-refractivity contribution in [1.82, 2.24) is 0 Å². The second-order valence-corrected chi connectivity index (χ2v) is 5.06. The third-order valence-corrected chi connectivity index (χ3v) is 2.55. The molecule has 0 atom stereocenters. The Labute approximate surface area is 97.9 Å². The lowest BCUT2D eigenvalue weighted by Gasteiger charge is -2.15. The van der Waals surface area contributed by atoms with E-state index in [1.54, 1.807) is 0 Å². The third-order valence-electron chi connectivity index (χ3n) is 2.55. The summed E-state index contributed by atoms with van der Waals surface area (Å²) in [5.74, 6) is -3.06. The zero-order valence-electron chi connectivity index (χ0n) is 10.4. The predicted molar refractivity (Wildman–Crippen MR) is 62.6 cm³/mol. The minimum absolute atomic E-state index is 0.415. The van der Waals surface area contributed by atoms with Gasteiger partial charge < -0.3 is 20.4 Å². The fourth-order valence-electron chi connectivity index (χ4n) is 1.63. The van der Waals surface area contributed by atoms with Crippen LogP contribution in [-0.2, 0) is 0 Å². The van der Waals surface area contributed by atoms with Crippen molar-refractivity contribution in [2.45, 2.75) is 76.8 Å². The summed E-state index contributed by atoms with van der Waals surface area (Å²) in [6, 6.07) is 0. The normalized spacial score (nSPS) is 13.1. The maximum Gasteiger partial charge on any atom is 0.159 e. The van der Waals surface area contributed by atoms with Crippen molar-refractivity contribution in [2.24, 2.45) is 0 Å². The van der Waals surface area contributed by atoms with E-state index >= 15 is 0 Å². The van der Waals surface area contributed by atoms with Crippen molar-refractivity contribution < 1.29 is 20.4 Å². The number of rotatable bonds is 9. The van der Waals surface area contributed by atoms with Gasteiger partial charge in [0.1, 0.15) is 0 Å².